The van der Waals surface area contributed by atoms with Crippen molar-refractivity contribution >= 4 is 0 Å². The van der Waals surface area contributed by atoms with Gasteiger partial charge in [-0.3, -0.25) is 0 Å². The molecule has 0 amide bonds. The maximum absolute atomic E-state index is 4.18. The number of aromatic nitrogens is 2. The number of imidazole rings is 1. The number of benzene rings is 3. The fourth-order valence-corrected chi connectivity index (χ4v) is 3.61. The molecule has 1 aromatic heterocycles. The Bertz CT molecular complexity index is 972. The number of hydrogen-bond donors (Lipinski definition) is 0. The van der Waals surface area contributed by atoms with Crippen molar-refractivity contribution in [3.63, 3.8) is 0 Å². The van der Waals surface area contributed by atoms with Crippen molar-refractivity contribution < 1.29 is 0 Å². The molecular formula is C24H22N2. The first-order valence-corrected chi connectivity index (χ1v) is 9.08. The highest BCUT2D eigenvalue weighted by molar-refractivity contribution is 5.86. The van der Waals surface area contributed by atoms with E-state index in [9.17, 15) is 0 Å². The van der Waals surface area contributed by atoms with Gasteiger partial charge in [0.05, 0.1) is 6.33 Å². The van der Waals surface area contributed by atoms with Crippen LogP contribution < -0.4 is 0 Å². The van der Waals surface area contributed by atoms with Gasteiger partial charge in [-0.2, -0.15) is 0 Å². The molecule has 2 heteroatoms. The molecule has 128 valence electrons. The van der Waals surface area contributed by atoms with Crippen LogP contribution in [-0.4, -0.2) is 9.55 Å². The summed E-state index contributed by atoms with van der Waals surface area (Å²) in [4.78, 5) is 4.18. The van der Waals surface area contributed by atoms with Gasteiger partial charge in [0, 0.05) is 18.9 Å². The normalized spacial score (nSPS) is 10.8. The first-order chi connectivity index (χ1) is 12.9. The molecule has 0 fully saturated rings. The summed E-state index contributed by atoms with van der Waals surface area (Å²) in [7, 11) is 0. The number of nitrogens with zero attached hydrogens (tertiary/aromatic N) is 2. The average molecular weight is 338 g/mol. The predicted molar refractivity (Wildman–Crippen MR) is 108 cm³/mol. The van der Waals surface area contributed by atoms with Crippen molar-refractivity contribution in [1.82, 2.24) is 9.55 Å². The fourth-order valence-electron chi connectivity index (χ4n) is 3.61. The van der Waals surface area contributed by atoms with Crippen LogP contribution in [0.4, 0.5) is 0 Å². The molecule has 0 aliphatic carbocycles. The summed E-state index contributed by atoms with van der Waals surface area (Å²) in [6.07, 6.45) is 6.73. The van der Waals surface area contributed by atoms with Gasteiger partial charge in [0.2, 0.25) is 0 Å². The molecule has 4 rings (SSSR count). The van der Waals surface area contributed by atoms with Gasteiger partial charge in [0.25, 0.3) is 0 Å². The molecule has 0 saturated heterocycles. The summed E-state index contributed by atoms with van der Waals surface area (Å²) in [6.45, 7) is 3.09. The van der Waals surface area contributed by atoms with Crippen LogP contribution in [0.5, 0.6) is 0 Å². The average Bonchev–Trinajstić information content (AvgIpc) is 3.22. The Morgan fingerprint density at radius 2 is 1.50 bits per heavy atom. The van der Waals surface area contributed by atoms with E-state index in [0.717, 1.165) is 13.0 Å². The molecule has 1 heterocycles. The van der Waals surface area contributed by atoms with Gasteiger partial charge in [-0.25, -0.2) is 4.98 Å². The van der Waals surface area contributed by atoms with Gasteiger partial charge in [-0.15, -0.1) is 0 Å². The van der Waals surface area contributed by atoms with E-state index in [1.54, 1.807) is 0 Å². The van der Waals surface area contributed by atoms with Gasteiger partial charge in [0.1, 0.15) is 0 Å². The quantitative estimate of drug-likeness (QED) is 0.448. The summed E-state index contributed by atoms with van der Waals surface area (Å²) in [6, 6.07) is 25.9. The van der Waals surface area contributed by atoms with Crippen LogP contribution in [0, 0.1) is 0 Å². The molecule has 0 saturated carbocycles. The molecule has 2 nitrogen and oxygen atoms in total. The Morgan fingerprint density at radius 1 is 0.808 bits per heavy atom. The van der Waals surface area contributed by atoms with E-state index in [1.807, 2.05) is 18.7 Å². The van der Waals surface area contributed by atoms with Crippen LogP contribution >= 0.6 is 0 Å². The maximum Gasteiger partial charge on any atom is 0.0949 e. The van der Waals surface area contributed by atoms with Gasteiger partial charge < -0.3 is 4.57 Å². The fraction of sp³-hybridized carbons (Fsp3) is 0.125. The van der Waals surface area contributed by atoms with Gasteiger partial charge >= 0.3 is 0 Å². The third-order valence-electron chi connectivity index (χ3n) is 4.82. The zero-order chi connectivity index (χ0) is 17.8. The molecule has 0 bridgehead atoms. The summed E-state index contributed by atoms with van der Waals surface area (Å²) < 4.78 is 2.13. The highest BCUT2D eigenvalue weighted by Gasteiger charge is 2.15. The van der Waals surface area contributed by atoms with E-state index in [0.29, 0.717) is 0 Å². The molecule has 0 aliphatic heterocycles. The van der Waals surface area contributed by atoms with Crippen LogP contribution in [0.3, 0.4) is 0 Å². The minimum atomic E-state index is 0.845. The van der Waals surface area contributed by atoms with E-state index in [1.165, 1.54) is 33.4 Å². The largest absolute Gasteiger partial charge is 0.333 e. The highest BCUT2D eigenvalue weighted by atomic mass is 15.0. The smallest absolute Gasteiger partial charge is 0.0949 e. The Kier molecular flexibility index (Phi) is 4.65. The third-order valence-corrected chi connectivity index (χ3v) is 4.82. The van der Waals surface area contributed by atoms with E-state index in [-0.39, 0.29) is 0 Å². The van der Waals surface area contributed by atoms with Gasteiger partial charge in [-0.1, -0.05) is 79.7 Å². The van der Waals surface area contributed by atoms with E-state index in [2.05, 4.69) is 89.3 Å². The first kappa shape index (κ1) is 16.3. The Morgan fingerprint density at radius 3 is 2.12 bits per heavy atom. The molecule has 26 heavy (non-hydrogen) atoms. The Labute approximate surface area is 154 Å². The second-order valence-corrected chi connectivity index (χ2v) is 6.45. The highest BCUT2D eigenvalue weighted by Crippen LogP contribution is 2.37. The van der Waals surface area contributed by atoms with E-state index in [4.69, 9.17) is 0 Å². The van der Waals surface area contributed by atoms with Crippen LogP contribution in [0.15, 0.2) is 91.5 Å². The molecule has 0 radical (unpaired) electrons. The summed E-state index contributed by atoms with van der Waals surface area (Å²) >= 11 is 0. The van der Waals surface area contributed by atoms with E-state index >= 15 is 0 Å². The molecule has 4 aromatic rings. The molecule has 0 N–H and O–H groups in total. The Balaban J connectivity index is 1.93. The van der Waals surface area contributed by atoms with Crippen LogP contribution in [0.2, 0.25) is 0 Å². The molecule has 0 aliphatic rings. The van der Waals surface area contributed by atoms with Crippen LogP contribution in [0.1, 0.15) is 18.1 Å². The van der Waals surface area contributed by atoms with Gasteiger partial charge in [-0.05, 0) is 39.8 Å². The van der Waals surface area contributed by atoms with Crippen LogP contribution in [0.25, 0.3) is 22.3 Å². The second-order valence-electron chi connectivity index (χ2n) is 6.45. The van der Waals surface area contributed by atoms with E-state index < -0.39 is 0 Å². The second kappa shape index (κ2) is 7.40. The SMILES string of the molecule is CCc1c(Cn2ccnc2)ccc(-c2ccccc2)c1-c1ccccc1. The van der Waals surface area contributed by atoms with Crippen molar-refractivity contribution in [3.8, 4) is 22.3 Å². The third kappa shape index (κ3) is 3.18. The number of rotatable bonds is 5. The van der Waals surface area contributed by atoms with Gasteiger partial charge in [0.15, 0.2) is 0 Å². The molecule has 3 aromatic carbocycles. The van der Waals surface area contributed by atoms with Crippen molar-refractivity contribution in [2.24, 2.45) is 0 Å². The minimum Gasteiger partial charge on any atom is -0.333 e. The minimum absolute atomic E-state index is 0.845. The topological polar surface area (TPSA) is 17.8 Å². The molecule has 0 spiro atoms. The van der Waals surface area contributed by atoms with Crippen molar-refractivity contribution in [2.75, 3.05) is 0 Å². The summed E-state index contributed by atoms with van der Waals surface area (Å²) in [5, 5.41) is 0. The van der Waals surface area contributed by atoms with Crippen molar-refractivity contribution in [1.29, 1.82) is 0 Å². The molecule has 0 atom stereocenters. The molecular weight excluding hydrogens is 316 g/mol. The lowest BCUT2D eigenvalue weighted by atomic mass is 9.86. The maximum atomic E-state index is 4.18. The summed E-state index contributed by atoms with van der Waals surface area (Å²) in [5.41, 5.74) is 7.93. The van der Waals surface area contributed by atoms with Crippen molar-refractivity contribution in [2.45, 2.75) is 19.9 Å². The number of hydrogen-bond acceptors (Lipinski definition) is 1. The molecule has 0 unspecified atom stereocenters. The van der Waals surface area contributed by atoms with Crippen LogP contribution in [-0.2, 0) is 13.0 Å². The monoisotopic (exact) mass is 338 g/mol. The standard InChI is InChI=1S/C24H22N2/c1-2-22-21(17-26-16-15-25-18-26)13-14-23(19-9-5-3-6-10-19)24(22)20-11-7-4-8-12-20/h3-16,18H,2,17H2,1H3. The first-order valence-electron chi connectivity index (χ1n) is 9.08. The predicted octanol–water partition coefficient (Wildman–Crippen LogP) is 5.83. The van der Waals surface area contributed by atoms with Crippen molar-refractivity contribution in [3.05, 3.63) is 103 Å². The Hall–Kier alpha value is -3.13. The zero-order valence-corrected chi connectivity index (χ0v) is 15.0. The lowest BCUT2D eigenvalue weighted by Gasteiger charge is -2.19. The lowest BCUT2D eigenvalue weighted by Crippen LogP contribution is -2.03. The summed E-state index contributed by atoms with van der Waals surface area (Å²) in [5.74, 6) is 0. The lowest BCUT2D eigenvalue weighted by molar-refractivity contribution is 0.787. The zero-order valence-electron chi connectivity index (χ0n) is 15.0.